The van der Waals surface area contributed by atoms with E-state index >= 15 is 0 Å². The first-order chi connectivity index (χ1) is 8.79. The maximum Gasteiger partial charge on any atom is 0.00682 e. The molecular formula is C16H32N2. The molecule has 1 saturated heterocycles. The molecule has 0 radical (unpaired) electrons. The Morgan fingerprint density at radius 3 is 2.72 bits per heavy atom. The fourth-order valence-electron chi connectivity index (χ4n) is 3.21. The molecule has 0 spiro atoms. The van der Waals surface area contributed by atoms with Crippen molar-refractivity contribution in [2.45, 2.75) is 77.3 Å². The SMILES string of the molecule is CCC1CCCN(C(C)CCCNC2CC2)CC1. The van der Waals surface area contributed by atoms with Gasteiger partial charge in [0, 0.05) is 12.1 Å². The zero-order valence-corrected chi connectivity index (χ0v) is 12.5. The minimum atomic E-state index is 0.793. The topological polar surface area (TPSA) is 15.3 Å². The van der Waals surface area contributed by atoms with Crippen molar-refractivity contribution in [1.29, 1.82) is 0 Å². The Kier molecular flexibility index (Phi) is 5.97. The molecule has 1 aliphatic carbocycles. The first kappa shape index (κ1) is 14.3. The third kappa shape index (κ3) is 4.89. The molecule has 1 aliphatic heterocycles. The van der Waals surface area contributed by atoms with E-state index in [0.717, 1.165) is 18.0 Å². The van der Waals surface area contributed by atoms with Gasteiger partial charge in [-0.05, 0) is 77.4 Å². The third-order valence-electron chi connectivity index (χ3n) is 4.89. The van der Waals surface area contributed by atoms with Crippen molar-refractivity contribution in [2.24, 2.45) is 5.92 Å². The molecule has 2 unspecified atom stereocenters. The zero-order valence-electron chi connectivity index (χ0n) is 12.5. The normalized spacial score (nSPS) is 28.0. The molecule has 1 saturated carbocycles. The predicted octanol–water partition coefficient (Wildman–Crippen LogP) is 3.42. The Morgan fingerprint density at radius 2 is 2.00 bits per heavy atom. The molecule has 1 heterocycles. The van der Waals surface area contributed by atoms with Gasteiger partial charge in [0.15, 0.2) is 0 Å². The predicted molar refractivity (Wildman–Crippen MR) is 78.9 cm³/mol. The second-order valence-corrected chi connectivity index (χ2v) is 6.46. The quantitative estimate of drug-likeness (QED) is 0.698. The maximum absolute atomic E-state index is 3.62. The fraction of sp³-hybridized carbons (Fsp3) is 1.00. The van der Waals surface area contributed by atoms with E-state index in [1.807, 2.05) is 0 Å². The van der Waals surface area contributed by atoms with Crippen molar-refractivity contribution in [3.63, 3.8) is 0 Å². The van der Waals surface area contributed by atoms with Gasteiger partial charge >= 0.3 is 0 Å². The molecule has 0 amide bonds. The molecule has 2 heteroatoms. The van der Waals surface area contributed by atoms with Crippen molar-refractivity contribution in [1.82, 2.24) is 10.2 Å². The zero-order chi connectivity index (χ0) is 12.8. The Morgan fingerprint density at radius 1 is 1.17 bits per heavy atom. The van der Waals surface area contributed by atoms with Crippen LogP contribution < -0.4 is 5.32 Å². The third-order valence-corrected chi connectivity index (χ3v) is 4.89. The largest absolute Gasteiger partial charge is 0.314 e. The molecule has 0 aromatic heterocycles. The highest BCUT2D eigenvalue weighted by atomic mass is 15.1. The van der Waals surface area contributed by atoms with Crippen LogP contribution in [-0.4, -0.2) is 36.6 Å². The van der Waals surface area contributed by atoms with Crippen molar-refractivity contribution in [3.8, 4) is 0 Å². The second-order valence-electron chi connectivity index (χ2n) is 6.46. The van der Waals surface area contributed by atoms with E-state index in [-0.39, 0.29) is 0 Å². The van der Waals surface area contributed by atoms with Crippen LogP contribution in [0.4, 0.5) is 0 Å². The molecule has 2 rings (SSSR count). The summed E-state index contributed by atoms with van der Waals surface area (Å²) in [5.74, 6) is 0.999. The number of likely N-dealkylation sites (tertiary alicyclic amines) is 1. The molecule has 1 N–H and O–H groups in total. The molecule has 2 fully saturated rings. The lowest BCUT2D eigenvalue weighted by Gasteiger charge is -2.27. The molecule has 0 aromatic rings. The average Bonchev–Trinajstić information content (AvgIpc) is 3.20. The Bertz CT molecular complexity index is 225. The van der Waals surface area contributed by atoms with Crippen LogP contribution in [-0.2, 0) is 0 Å². The number of rotatable bonds is 7. The highest BCUT2D eigenvalue weighted by Crippen LogP contribution is 2.22. The first-order valence-corrected chi connectivity index (χ1v) is 8.27. The minimum absolute atomic E-state index is 0.793. The smallest absolute Gasteiger partial charge is 0.00682 e. The lowest BCUT2D eigenvalue weighted by Crippen LogP contribution is -2.34. The Hall–Kier alpha value is -0.0800. The molecule has 2 nitrogen and oxygen atoms in total. The van der Waals surface area contributed by atoms with Gasteiger partial charge in [-0.25, -0.2) is 0 Å². The van der Waals surface area contributed by atoms with Crippen molar-refractivity contribution < 1.29 is 0 Å². The van der Waals surface area contributed by atoms with E-state index in [1.54, 1.807) is 0 Å². The summed E-state index contributed by atoms with van der Waals surface area (Å²) in [6, 6.07) is 1.67. The van der Waals surface area contributed by atoms with Crippen LogP contribution in [0.25, 0.3) is 0 Å². The summed E-state index contributed by atoms with van der Waals surface area (Å²) in [7, 11) is 0. The first-order valence-electron chi connectivity index (χ1n) is 8.27. The summed E-state index contributed by atoms with van der Waals surface area (Å²) in [4.78, 5) is 2.74. The molecular weight excluding hydrogens is 220 g/mol. The lowest BCUT2D eigenvalue weighted by atomic mass is 9.98. The van der Waals surface area contributed by atoms with Crippen LogP contribution in [0.15, 0.2) is 0 Å². The number of nitrogens with one attached hydrogen (secondary N) is 1. The van der Waals surface area contributed by atoms with Crippen LogP contribution in [0.1, 0.15) is 65.2 Å². The molecule has 2 aliphatic rings. The standard InChI is InChI=1S/C16H32N2/c1-3-15-7-5-12-18(13-10-15)14(2)6-4-11-17-16-8-9-16/h14-17H,3-13H2,1-2H3. The van der Waals surface area contributed by atoms with Gasteiger partial charge in [0.1, 0.15) is 0 Å². The molecule has 106 valence electrons. The van der Waals surface area contributed by atoms with Gasteiger partial charge in [-0.15, -0.1) is 0 Å². The minimum Gasteiger partial charge on any atom is -0.314 e. The van der Waals surface area contributed by atoms with Crippen LogP contribution in [0.2, 0.25) is 0 Å². The van der Waals surface area contributed by atoms with E-state index in [1.165, 1.54) is 71.0 Å². The highest BCUT2D eigenvalue weighted by Gasteiger charge is 2.21. The van der Waals surface area contributed by atoms with Crippen LogP contribution >= 0.6 is 0 Å². The average molecular weight is 252 g/mol. The van der Waals surface area contributed by atoms with Crippen LogP contribution in [0, 0.1) is 5.92 Å². The van der Waals surface area contributed by atoms with E-state index in [2.05, 4.69) is 24.1 Å². The van der Waals surface area contributed by atoms with Gasteiger partial charge in [-0.2, -0.15) is 0 Å². The Balaban J connectivity index is 1.59. The second kappa shape index (κ2) is 7.49. The van der Waals surface area contributed by atoms with Gasteiger partial charge in [0.05, 0.1) is 0 Å². The lowest BCUT2D eigenvalue weighted by molar-refractivity contribution is 0.202. The van der Waals surface area contributed by atoms with Gasteiger partial charge < -0.3 is 10.2 Å². The molecule has 0 aromatic carbocycles. The fourth-order valence-corrected chi connectivity index (χ4v) is 3.21. The van der Waals surface area contributed by atoms with Gasteiger partial charge in [-0.3, -0.25) is 0 Å². The van der Waals surface area contributed by atoms with Gasteiger partial charge in [0.25, 0.3) is 0 Å². The molecule has 2 atom stereocenters. The van der Waals surface area contributed by atoms with E-state index in [0.29, 0.717) is 0 Å². The van der Waals surface area contributed by atoms with Gasteiger partial charge in [-0.1, -0.05) is 13.3 Å². The van der Waals surface area contributed by atoms with Crippen molar-refractivity contribution in [3.05, 3.63) is 0 Å². The summed E-state index contributed by atoms with van der Waals surface area (Å²) < 4.78 is 0. The molecule has 0 bridgehead atoms. The highest BCUT2D eigenvalue weighted by molar-refractivity contribution is 4.81. The van der Waals surface area contributed by atoms with E-state index < -0.39 is 0 Å². The van der Waals surface area contributed by atoms with Crippen LogP contribution in [0.3, 0.4) is 0 Å². The Labute approximate surface area is 114 Å². The summed E-state index contributed by atoms with van der Waals surface area (Å²) in [5.41, 5.74) is 0. The molecule has 18 heavy (non-hydrogen) atoms. The summed E-state index contributed by atoms with van der Waals surface area (Å²) in [6.07, 6.45) is 11.3. The van der Waals surface area contributed by atoms with Gasteiger partial charge in [0.2, 0.25) is 0 Å². The number of nitrogens with zero attached hydrogens (tertiary/aromatic N) is 1. The van der Waals surface area contributed by atoms with Crippen molar-refractivity contribution in [2.75, 3.05) is 19.6 Å². The summed E-state index contributed by atoms with van der Waals surface area (Å²) >= 11 is 0. The van der Waals surface area contributed by atoms with E-state index in [9.17, 15) is 0 Å². The number of hydrogen-bond donors (Lipinski definition) is 1. The van der Waals surface area contributed by atoms with E-state index in [4.69, 9.17) is 0 Å². The monoisotopic (exact) mass is 252 g/mol. The van der Waals surface area contributed by atoms with Crippen molar-refractivity contribution >= 4 is 0 Å². The summed E-state index contributed by atoms with van der Waals surface area (Å²) in [6.45, 7) is 8.71. The summed E-state index contributed by atoms with van der Waals surface area (Å²) in [5, 5.41) is 3.62. The maximum atomic E-state index is 3.62. The number of hydrogen-bond acceptors (Lipinski definition) is 2. The van der Waals surface area contributed by atoms with Crippen LogP contribution in [0.5, 0.6) is 0 Å².